The summed E-state index contributed by atoms with van der Waals surface area (Å²) < 4.78 is 17.5. The zero-order chi connectivity index (χ0) is 30.2. The minimum atomic E-state index is -0.634. The third-order valence-electron chi connectivity index (χ3n) is 6.80. The molecule has 0 aliphatic heterocycles. The third kappa shape index (κ3) is 7.21. The lowest BCUT2D eigenvalue weighted by Gasteiger charge is -2.26. The van der Waals surface area contributed by atoms with Crippen molar-refractivity contribution in [2.24, 2.45) is 0 Å². The Balaban J connectivity index is 1.53. The number of esters is 2. The molecule has 0 spiro atoms. The van der Waals surface area contributed by atoms with Crippen LogP contribution in [0.5, 0.6) is 0 Å². The standard InChI is InChI=1S/C28H35N5O7S2/c1-5-38-26(36)21-16(3)22(27(37)39-6-2)42-25(21)30-23(34)17(4)41-28-32-31-20(33(28)18-11-8-7-9-12-18)15-29-24(35)19-13-10-14-40-19/h10,13-14,17-18H,5-9,11-12,15H2,1-4H3,(H,29,35)(H,30,34). The average molecular weight is 618 g/mol. The zero-order valence-electron chi connectivity index (χ0n) is 24.1. The van der Waals surface area contributed by atoms with Gasteiger partial charge < -0.3 is 29.1 Å². The minimum Gasteiger partial charge on any atom is -0.462 e. The van der Waals surface area contributed by atoms with Crippen LogP contribution >= 0.6 is 23.1 Å². The summed E-state index contributed by atoms with van der Waals surface area (Å²) in [5.74, 6) is -1.14. The normalized spacial score (nSPS) is 14.3. The molecule has 0 radical (unpaired) electrons. The monoisotopic (exact) mass is 617 g/mol. The fourth-order valence-corrected chi connectivity index (χ4v) is 6.77. The number of anilines is 1. The van der Waals surface area contributed by atoms with E-state index in [0.29, 0.717) is 16.5 Å². The summed E-state index contributed by atoms with van der Waals surface area (Å²) in [6, 6.07) is 3.37. The molecule has 12 nitrogen and oxygen atoms in total. The van der Waals surface area contributed by atoms with Crippen LogP contribution in [0.15, 0.2) is 28.0 Å². The molecule has 42 heavy (non-hydrogen) atoms. The summed E-state index contributed by atoms with van der Waals surface area (Å²) in [6.45, 7) is 7.20. The molecule has 1 unspecified atom stereocenters. The van der Waals surface area contributed by atoms with E-state index in [-0.39, 0.29) is 58.8 Å². The van der Waals surface area contributed by atoms with Gasteiger partial charge in [0.15, 0.2) is 16.7 Å². The number of hydrogen-bond donors (Lipinski definition) is 2. The van der Waals surface area contributed by atoms with Crippen LogP contribution in [0.4, 0.5) is 5.00 Å². The zero-order valence-corrected chi connectivity index (χ0v) is 25.7. The number of hydrogen-bond acceptors (Lipinski definition) is 11. The Kier molecular flexibility index (Phi) is 10.8. The lowest BCUT2D eigenvalue weighted by Crippen LogP contribution is -2.27. The van der Waals surface area contributed by atoms with E-state index >= 15 is 0 Å². The third-order valence-corrected chi connectivity index (χ3v) is 9.05. The lowest BCUT2D eigenvalue weighted by atomic mass is 9.95. The molecule has 2 N–H and O–H groups in total. The quantitative estimate of drug-likeness (QED) is 0.206. The fraction of sp³-hybridized carbons (Fsp3) is 0.500. The number of rotatable bonds is 12. The van der Waals surface area contributed by atoms with Crippen LogP contribution < -0.4 is 10.6 Å². The van der Waals surface area contributed by atoms with Crippen molar-refractivity contribution in [2.75, 3.05) is 18.5 Å². The van der Waals surface area contributed by atoms with Gasteiger partial charge in [-0.1, -0.05) is 31.0 Å². The van der Waals surface area contributed by atoms with E-state index in [1.807, 2.05) is 4.57 Å². The van der Waals surface area contributed by atoms with Gasteiger partial charge in [-0.3, -0.25) is 9.59 Å². The highest BCUT2D eigenvalue weighted by molar-refractivity contribution is 8.00. The maximum absolute atomic E-state index is 13.4. The molecule has 3 heterocycles. The molecule has 1 aliphatic carbocycles. The Bertz CT molecular complexity index is 1410. The summed E-state index contributed by atoms with van der Waals surface area (Å²) in [6.07, 6.45) is 6.61. The fourth-order valence-electron chi connectivity index (χ4n) is 4.74. The van der Waals surface area contributed by atoms with Gasteiger partial charge in [0.05, 0.1) is 36.8 Å². The number of thioether (sulfide) groups is 1. The van der Waals surface area contributed by atoms with E-state index in [1.165, 1.54) is 18.0 Å². The topological polar surface area (TPSA) is 155 Å². The van der Waals surface area contributed by atoms with Crippen LogP contribution in [-0.2, 0) is 20.8 Å². The molecule has 1 saturated carbocycles. The van der Waals surface area contributed by atoms with E-state index in [9.17, 15) is 19.2 Å². The van der Waals surface area contributed by atoms with Gasteiger partial charge in [-0.15, -0.1) is 21.5 Å². The first-order chi connectivity index (χ1) is 20.2. The highest BCUT2D eigenvalue weighted by Gasteiger charge is 2.30. The second-order valence-corrected chi connectivity index (χ2v) is 12.0. The van der Waals surface area contributed by atoms with Crippen molar-refractivity contribution >= 4 is 51.9 Å². The van der Waals surface area contributed by atoms with Gasteiger partial charge in [0.25, 0.3) is 5.91 Å². The van der Waals surface area contributed by atoms with Crippen molar-refractivity contribution in [1.82, 2.24) is 20.1 Å². The number of aromatic nitrogens is 3. The molecule has 3 aromatic rings. The Hall–Kier alpha value is -3.65. The Morgan fingerprint density at radius 3 is 2.50 bits per heavy atom. The maximum Gasteiger partial charge on any atom is 0.348 e. The summed E-state index contributed by atoms with van der Waals surface area (Å²) >= 11 is 2.22. The Labute approximate surface area is 251 Å². The molecule has 1 aliphatic rings. The summed E-state index contributed by atoms with van der Waals surface area (Å²) in [5.41, 5.74) is 0.529. The highest BCUT2D eigenvalue weighted by Crippen LogP contribution is 2.37. The van der Waals surface area contributed by atoms with Crippen molar-refractivity contribution in [3.63, 3.8) is 0 Å². The van der Waals surface area contributed by atoms with Crippen LogP contribution in [0.2, 0.25) is 0 Å². The van der Waals surface area contributed by atoms with Gasteiger partial charge in [-0.25, -0.2) is 9.59 Å². The van der Waals surface area contributed by atoms with Crippen LogP contribution in [0, 0.1) is 6.92 Å². The molecule has 14 heteroatoms. The second kappa shape index (κ2) is 14.5. The van der Waals surface area contributed by atoms with Crippen molar-refractivity contribution in [2.45, 2.75) is 82.8 Å². The molecule has 3 aromatic heterocycles. The van der Waals surface area contributed by atoms with Crippen LogP contribution in [0.3, 0.4) is 0 Å². The van der Waals surface area contributed by atoms with E-state index in [1.54, 1.807) is 39.8 Å². The minimum absolute atomic E-state index is 0.135. The van der Waals surface area contributed by atoms with Gasteiger partial charge in [-0.2, -0.15) is 0 Å². The number of carbonyl (C=O) groups is 4. The smallest absolute Gasteiger partial charge is 0.348 e. The lowest BCUT2D eigenvalue weighted by molar-refractivity contribution is -0.115. The van der Waals surface area contributed by atoms with Crippen LogP contribution in [0.1, 0.15) is 101 Å². The molecule has 2 amide bonds. The Morgan fingerprint density at radius 1 is 1.12 bits per heavy atom. The summed E-state index contributed by atoms with van der Waals surface area (Å²) in [7, 11) is 0. The van der Waals surface area contributed by atoms with Crippen molar-refractivity contribution in [1.29, 1.82) is 0 Å². The van der Waals surface area contributed by atoms with Gasteiger partial charge >= 0.3 is 11.9 Å². The number of nitrogens with one attached hydrogen (secondary N) is 2. The maximum atomic E-state index is 13.4. The van der Waals surface area contributed by atoms with Crippen molar-refractivity contribution in [3.05, 3.63) is 46.0 Å². The first-order valence-electron chi connectivity index (χ1n) is 14.0. The second-order valence-electron chi connectivity index (χ2n) is 9.67. The van der Waals surface area contributed by atoms with E-state index in [0.717, 1.165) is 43.4 Å². The molecule has 1 fully saturated rings. The Morgan fingerprint density at radius 2 is 1.83 bits per heavy atom. The van der Waals surface area contributed by atoms with E-state index in [2.05, 4.69) is 20.8 Å². The predicted molar refractivity (Wildman–Crippen MR) is 157 cm³/mol. The van der Waals surface area contributed by atoms with Gasteiger partial charge in [0, 0.05) is 6.04 Å². The van der Waals surface area contributed by atoms with Crippen molar-refractivity contribution in [3.8, 4) is 0 Å². The van der Waals surface area contributed by atoms with Crippen LogP contribution in [-0.4, -0.2) is 57.0 Å². The molecule has 226 valence electrons. The average Bonchev–Trinajstić information content (AvgIpc) is 3.72. The molecule has 1 atom stereocenters. The predicted octanol–water partition coefficient (Wildman–Crippen LogP) is 5.15. The number of amides is 2. The summed E-state index contributed by atoms with van der Waals surface area (Å²) in [5, 5.41) is 14.5. The van der Waals surface area contributed by atoms with Gasteiger partial charge in [0.1, 0.15) is 9.88 Å². The van der Waals surface area contributed by atoms with Gasteiger partial charge in [0.2, 0.25) is 5.91 Å². The number of nitrogens with zero attached hydrogens (tertiary/aromatic N) is 3. The largest absolute Gasteiger partial charge is 0.462 e. The number of furan rings is 1. The van der Waals surface area contributed by atoms with E-state index < -0.39 is 17.2 Å². The van der Waals surface area contributed by atoms with Gasteiger partial charge in [-0.05, 0) is 58.2 Å². The number of ether oxygens (including phenoxy) is 2. The molecule has 0 saturated heterocycles. The first-order valence-corrected chi connectivity index (χ1v) is 15.6. The highest BCUT2D eigenvalue weighted by atomic mass is 32.2. The molecular weight excluding hydrogens is 582 g/mol. The molecular formula is C28H35N5O7S2. The SMILES string of the molecule is CCOC(=O)c1sc(NC(=O)C(C)Sc2nnc(CNC(=O)c3ccco3)n2C2CCCCC2)c(C(=O)OCC)c1C. The van der Waals surface area contributed by atoms with Crippen molar-refractivity contribution < 1.29 is 33.1 Å². The first kappa shape index (κ1) is 31.3. The number of thiophene rings is 1. The van der Waals surface area contributed by atoms with E-state index in [4.69, 9.17) is 13.9 Å². The summed E-state index contributed by atoms with van der Waals surface area (Å²) in [4.78, 5) is 51.3. The van der Waals surface area contributed by atoms with Crippen LogP contribution in [0.25, 0.3) is 0 Å². The molecule has 0 bridgehead atoms. The molecule has 4 rings (SSSR count). The molecule has 0 aromatic carbocycles. The number of carbonyl (C=O) groups excluding carboxylic acids is 4.